The summed E-state index contributed by atoms with van der Waals surface area (Å²) >= 11 is 0. The lowest BCUT2D eigenvalue weighted by molar-refractivity contribution is -0.0695. The summed E-state index contributed by atoms with van der Waals surface area (Å²) in [5, 5.41) is 18.6. The molecule has 19 heteroatoms. The Morgan fingerprint density at radius 2 is 1.04 bits per heavy atom. The highest BCUT2D eigenvalue weighted by atomic mass is 32.2. The average Bonchev–Trinajstić information content (AvgIpc) is 3.62. The summed E-state index contributed by atoms with van der Waals surface area (Å²) in [4.78, 5) is 3.90. The number of alkyl halides is 9. The third-order valence-electron chi connectivity index (χ3n) is 8.60. The Morgan fingerprint density at radius 3 is 1.40 bits per heavy atom. The fourth-order valence-corrected chi connectivity index (χ4v) is 7.90. The fraction of sp³-hybridized carbons (Fsp3) is 0.176. The highest BCUT2D eigenvalue weighted by Crippen LogP contribution is 2.44. The van der Waals surface area contributed by atoms with Crippen LogP contribution >= 0.6 is 0 Å². The molecule has 3 aromatic rings. The maximum Gasteiger partial charge on any atom is 0.523 e. The lowest BCUT2D eigenvalue weighted by Crippen LogP contribution is -2.27. The number of halogens is 9. The van der Waals surface area contributed by atoms with Crippen molar-refractivity contribution in [2.75, 3.05) is 0 Å². The van der Waals surface area contributed by atoms with E-state index in [2.05, 4.69) is 9.69 Å². The van der Waals surface area contributed by atoms with Crippen LogP contribution in [0.4, 0.5) is 39.5 Å². The summed E-state index contributed by atoms with van der Waals surface area (Å²) in [5.41, 5.74) is -16.0. The lowest BCUT2D eigenvalue weighted by atomic mass is 9.86. The third-order valence-corrected chi connectivity index (χ3v) is 11.6. The number of sulfone groups is 2. The lowest BCUT2D eigenvalue weighted by Gasteiger charge is -2.18. The van der Waals surface area contributed by atoms with Gasteiger partial charge in [-0.15, -0.1) is 0 Å². The second-order valence-electron chi connectivity index (χ2n) is 11.4. The summed E-state index contributed by atoms with van der Waals surface area (Å²) in [6.07, 6.45) is -6.62. The molecule has 2 aliphatic carbocycles. The number of rotatable bonds is 4. The van der Waals surface area contributed by atoms with E-state index in [0.717, 1.165) is 24.3 Å². The zero-order valence-corrected chi connectivity index (χ0v) is 27.8. The molecule has 0 bridgehead atoms. The molecule has 0 saturated carbocycles. The predicted octanol–water partition coefficient (Wildman–Crippen LogP) is 7.00. The molecule has 3 aromatic carbocycles. The Bertz CT molecular complexity index is 2700. The molecule has 0 aromatic heterocycles. The van der Waals surface area contributed by atoms with Gasteiger partial charge in [0.25, 0.3) is 19.7 Å². The quantitative estimate of drug-likeness (QED) is 0.160. The van der Waals surface area contributed by atoms with E-state index in [1.165, 1.54) is 19.1 Å². The van der Waals surface area contributed by atoms with Crippen LogP contribution < -0.4 is 10.4 Å². The van der Waals surface area contributed by atoms with Crippen molar-refractivity contribution in [2.24, 2.45) is 0 Å². The van der Waals surface area contributed by atoms with E-state index in [9.17, 15) is 53.7 Å². The standard InChI is InChI=1S/C34H15F9N4O4S2/c1-16-22(31(46-2)47-3)12-24-26(16)27(17-4-8-20(9-5-17)52(48,49)33(38,39)40)25-13-23(19(14-44)15-45)30(32(35,36)37)29(25)28(24)18-6-10-21(11-7-18)53(50,51)34(41,42)43/h4-11H,12-13H2,1H3. The molecule has 0 spiro atoms. The second kappa shape index (κ2) is 12.7. The highest BCUT2D eigenvalue weighted by Gasteiger charge is 2.48. The van der Waals surface area contributed by atoms with E-state index in [0.29, 0.717) is 24.3 Å². The van der Waals surface area contributed by atoms with E-state index < -0.39 is 87.3 Å². The zero-order chi connectivity index (χ0) is 39.6. The Kier molecular flexibility index (Phi) is 9.15. The normalized spacial score (nSPS) is 14.5. The molecule has 270 valence electrons. The van der Waals surface area contributed by atoms with Gasteiger partial charge < -0.3 is 0 Å². The van der Waals surface area contributed by atoms with Crippen molar-refractivity contribution in [3.05, 3.63) is 115 Å². The topological polar surface area (TPSA) is 125 Å². The Labute approximate surface area is 293 Å². The minimum absolute atomic E-state index is 0.00257. The van der Waals surface area contributed by atoms with Gasteiger partial charge in [0.15, 0.2) is 0 Å². The van der Waals surface area contributed by atoms with E-state index in [1.54, 1.807) is 0 Å². The van der Waals surface area contributed by atoms with Gasteiger partial charge in [0.2, 0.25) is 0 Å². The number of allylic oxidation sites excluding steroid dienone is 3. The molecule has 53 heavy (non-hydrogen) atoms. The number of benzene rings is 3. The van der Waals surface area contributed by atoms with Crippen molar-refractivity contribution in [2.45, 2.75) is 46.7 Å². The Balaban J connectivity index is 2.06. The first-order chi connectivity index (χ1) is 24.5. The number of hydrogen-bond donors (Lipinski definition) is 0. The molecule has 2 aliphatic rings. The van der Waals surface area contributed by atoms with Gasteiger partial charge >= 0.3 is 23.0 Å². The third kappa shape index (κ3) is 6.02. The van der Waals surface area contributed by atoms with Crippen molar-refractivity contribution in [3.63, 3.8) is 0 Å². The van der Waals surface area contributed by atoms with Gasteiger partial charge in [0.1, 0.15) is 30.9 Å². The van der Waals surface area contributed by atoms with Crippen molar-refractivity contribution >= 4 is 30.8 Å². The smallest absolute Gasteiger partial charge is 0.214 e. The van der Waals surface area contributed by atoms with Crippen LogP contribution in [-0.4, -0.2) is 34.0 Å². The van der Waals surface area contributed by atoms with Gasteiger partial charge in [-0.2, -0.15) is 59.7 Å². The maximum atomic E-state index is 15.2. The van der Waals surface area contributed by atoms with Crippen LogP contribution in [0.3, 0.4) is 0 Å². The van der Waals surface area contributed by atoms with E-state index >= 15 is 13.2 Å². The fourth-order valence-electron chi connectivity index (χ4n) is 6.37. The van der Waals surface area contributed by atoms with Crippen LogP contribution in [0.5, 0.6) is 0 Å². The molecule has 0 radical (unpaired) electrons. The molecule has 0 unspecified atom stereocenters. The van der Waals surface area contributed by atoms with Gasteiger partial charge in [0.05, 0.1) is 20.9 Å². The molecule has 5 rings (SSSR count). The van der Waals surface area contributed by atoms with Crippen LogP contribution in [0, 0.1) is 35.8 Å². The van der Waals surface area contributed by atoms with Crippen LogP contribution in [-0.2, 0) is 32.5 Å². The summed E-state index contributed by atoms with van der Waals surface area (Å²) in [6.45, 7) is 16.4. The monoisotopic (exact) mass is 778 g/mol. The van der Waals surface area contributed by atoms with Crippen molar-refractivity contribution in [1.29, 1.82) is 10.5 Å². The summed E-state index contributed by atoms with van der Waals surface area (Å²) < 4.78 is 174. The zero-order valence-electron chi connectivity index (χ0n) is 26.2. The van der Waals surface area contributed by atoms with Crippen LogP contribution in [0.15, 0.2) is 80.9 Å². The summed E-state index contributed by atoms with van der Waals surface area (Å²) in [7, 11) is -11.8. The van der Waals surface area contributed by atoms with E-state index in [4.69, 9.17) is 13.1 Å². The minimum Gasteiger partial charge on any atom is -0.214 e. The van der Waals surface area contributed by atoms with Gasteiger partial charge in [-0.3, -0.25) is 0 Å². The van der Waals surface area contributed by atoms with Crippen molar-refractivity contribution in [3.8, 4) is 34.4 Å². The predicted molar refractivity (Wildman–Crippen MR) is 167 cm³/mol. The van der Waals surface area contributed by atoms with Gasteiger partial charge in [-0.05, 0) is 92.6 Å². The molecule has 0 aliphatic heterocycles. The second-order valence-corrected chi connectivity index (χ2v) is 15.2. The number of hydrogen-bond acceptors (Lipinski definition) is 6. The molecule has 0 saturated heterocycles. The van der Waals surface area contributed by atoms with Gasteiger partial charge in [-0.1, -0.05) is 24.3 Å². The van der Waals surface area contributed by atoms with Crippen LogP contribution in [0.2, 0.25) is 0 Å². The Hall–Kier alpha value is -5.89. The molecule has 0 heterocycles. The SMILES string of the molecule is [C-]#[N+]C([N+]#[C-])=C1Cc2c(-c3ccc(S(=O)(=O)C(F)(F)F)cc3)c3c(c(-c4ccc(S(=O)(=O)C(F)(F)F)cc4)c2=C1C)CC(=C(C#N)C#N)C=3C(F)(F)F. The molecule has 0 N–H and O–H groups in total. The number of nitriles is 2. The first kappa shape index (κ1) is 38.3. The van der Waals surface area contributed by atoms with Crippen LogP contribution in [0.25, 0.3) is 43.1 Å². The highest BCUT2D eigenvalue weighted by molar-refractivity contribution is 7.92. The molecule has 0 atom stereocenters. The summed E-state index contributed by atoms with van der Waals surface area (Å²) in [5.74, 6) is -0.522. The molecule has 8 nitrogen and oxygen atoms in total. The molecular weight excluding hydrogens is 764 g/mol. The minimum atomic E-state index is -5.92. The molecular formula is C34H15F9N4O4S2. The van der Waals surface area contributed by atoms with E-state index in [1.807, 2.05) is 0 Å². The van der Waals surface area contributed by atoms with Gasteiger partial charge in [0, 0.05) is 6.42 Å². The summed E-state index contributed by atoms with van der Waals surface area (Å²) in [6, 6.07) is 8.31. The van der Waals surface area contributed by atoms with Crippen LogP contribution in [0.1, 0.15) is 18.1 Å². The number of nitrogens with zero attached hydrogens (tertiary/aromatic N) is 4. The number of fused-ring (bicyclic) bond motifs is 2. The Morgan fingerprint density at radius 1 is 0.660 bits per heavy atom. The average molecular weight is 779 g/mol. The van der Waals surface area contributed by atoms with E-state index in [-0.39, 0.29) is 49.7 Å². The maximum absolute atomic E-state index is 15.2. The molecule has 0 amide bonds. The van der Waals surface area contributed by atoms with Gasteiger partial charge in [-0.25, -0.2) is 16.8 Å². The van der Waals surface area contributed by atoms with Crippen molar-refractivity contribution < 1.29 is 56.3 Å². The largest absolute Gasteiger partial charge is 0.523 e. The first-order valence-corrected chi connectivity index (χ1v) is 17.3. The first-order valence-electron chi connectivity index (χ1n) is 14.3. The van der Waals surface area contributed by atoms with Crippen molar-refractivity contribution in [1.82, 2.24) is 0 Å². The molecule has 0 fully saturated rings.